The largest absolute Gasteiger partial charge is 0.497 e. The summed E-state index contributed by atoms with van der Waals surface area (Å²) in [5, 5.41) is 15.0. The Labute approximate surface area is 233 Å². The van der Waals surface area contributed by atoms with Gasteiger partial charge in [0.15, 0.2) is 5.13 Å². The molecule has 0 aliphatic rings. The van der Waals surface area contributed by atoms with Gasteiger partial charge in [-0.05, 0) is 47.7 Å². The summed E-state index contributed by atoms with van der Waals surface area (Å²) in [5.41, 5.74) is 4.59. The highest BCUT2D eigenvalue weighted by atomic mass is 32.1. The maximum Gasteiger partial charge on any atom is 0.326 e. The van der Waals surface area contributed by atoms with Crippen molar-refractivity contribution in [3.63, 3.8) is 0 Å². The number of nitrogens with zero attached hydrogens (tertiary/aromatic N) is 2. The summed E-state index contributed by atoms with van der Waals surface area (Å²) in [7, 11) is 1.65. The van der Waals surface area contributed by atoms with Crippen LogP contribution in [0.15, 0.2) is 84.2 Å². The quantitative estimate of drug-likeness (QED) is 0.231. The highest BCUT2D eigenvalue weighted by molar-refractivity contribution is 7.14. The molecule has 1 aromatic heterocycles. The van der Waals surface area contributed by atoms with Crippen molar-refractivity contribution in [2.24, 2.45) is 5.92 Å². The molecule has 0 saturated carbocycles. The van der Waals surface area contributed by atoms with E-state index in [9.17, 15) is 14.7 Å². The first-order valence-electron chi connectivity index (χ1n) is 12.9. The minimum Gasteiger partial charge on any atom is -0.497 e. The topological polar surface area (TPSA) is 91.8 Å². The molecule has 2 N–H and O–H groups in total. The van der Waals surface area contributed by atoms with Crippen molar-refractivity contribution in [2.45, 2.75) is 32.9 Å². The minimum absolute atomic E-state index is 0.218. The molecule has 8 heteroatoms. The number of amides is 1. The molecular weight excluding hydrogens is 510 g/mol. The van der Waals surface area contributed by atoms with Gasteiger partial charge in [0.25, 0.3) is 5.91 Å². The number of ether oxygens (including phenoxy) is 1. The zero-order valence-corrected chi connectivity index (χ0v) is 23.2. The Morgan fingerprint density at radius 2 is 1.74 bits per heavy atom. The SMILES string of the molecule is COc1cccc(-c2csc(N(CCc3ccccc3)Cc3ccc(C(=O)NC(C(=O)O)C(C)C)cc3)n2)c1. The number of methoxy groups -OCH3 is 1. The summed E-state index contributed by atoms with van der Waals surface area (Å²) in [6.07, 6.45) is 0.862. The van der Waals surface area contributed by atoms with Gasteiger partial charge in [0.1, 0.15) is 11.8 Å². The van der Waals surface area contributed by atoms with E-state index in [1.807, 2.05) is 54.6 Å². The van der Waals surface area contributed by atoms with Gasteiger partial charge in [-0.25, -0.2) is 9.78 Å². The molecule has 0 aliphatic heterocycles. The van der Waals surface area contributed by atoms with Gasteiger partial charge in [0.2, 0.25) is 0 Å². The van der Waals surface area contributed by atoms with Gasteiger partial charge in [-0.3, -0.25) is 4.79 Å². The van der Waals surface area contributed by atoms with Crippen LogP contribution in [0.5, 0.6) is 5.75 Å². The van der Waals surface area contributed by atoms with Crippen LogP contribution in [-0.4, -0.2) is 41.7 Å². The maximum atomic E-state index is 12.7. The monoisotopic (exact) mass is 543 g/mol. The number of thiazole rings is 1. The molecule has 3 aromatic carbocycles. The summed E-state index contributed by atoms with van der Waals surface area (Å²) in [4.78, 5) is 31.3. The van der Waals surface area contributed by atoms with Gasteiger partial charge >= 0.3 is 5.97 Å². The number of anilines is 1. The Hall–Kier alpha value is -4.17. The second kappa shape index (κ2) is 13.1. The molecule has 39 heavy (non-hydrogen) atoms. The molecule has 7 nitrogen and oxygen atoms in total. The van der Waals surface area contributed by atoms with Crippen LogP contribution >= 0.6 is 11.3 Å². The van der Waals surface area contributed by atoms with Gasteiger partial charge in [-0.2, -0.15) is 0 Å². The van der Waals surface area contributed by atoms with Crippen LogP contribution in [-0.2, 0) is 17.8 Å². The average Bonchev–Trinajstić information content (AvgIpc) is 3.45. The van der Waals surface area contributed by atoms with Gasteiger partial charge in [-0.1, -0.05) is 68.4 Å². The van der Waals surface area contributed by atoms with E-state index >= 15 is 0 Å². The lowest BCUT2D eigenvalue weighted by molar-refractivity contribution is -0.140. The van der Waals surface area contributed by atoms with Gasteiger partial charge in [0.05, 0.1) is 12.8 Å². The molecule has 0 saturated heterocycles. The Bertz CT molecular complexity index is 1390. The van der Waals surface area contributed by atoms with Gasteiger partial charge in [-0.15, -0.1) is 11.3 Å². The predicted molar refractivity (Wildman–Crippen MR) is 155 cm³/mol. The summed E-state index contributed by atoms with van der Waals surface area (Å²) in [6.45, 7) is 4.92. The Morgan fingerprint density at radius 3 is 2.41 bits per heavy atom. The molecule has 1 heterocycles. The first kappa shape index (κ1) is 27.9. The molecule has 0 spiro atoms. The number of aliphatic carboxylic acids is 1. The summed E-state index contributed by atoms with van der Waals surface area (Å²) >= 11 is 1.59. The smallest absolute Gasteiger partial charge is 0.326 e. The van der Waals surface area contributed by atoms with Crippen molar-refractivity contribution < 1.29 is 19.4 Å². The molecule has 202 valence electrons. The first-order valence-corrected chi connectivity index (χ1v) is 13.7. The summed E-state index contributed by atoms with van der Waals surface area (Å²) < 4.78 is 5.38. The van der Waals surface area contributed by atoms with E-state index in [-0.39, 0.29) is 5.92 Å². The number of hydrogen-bond donors (Lipinski definition) is 2. The molecule has 1 atom stereocenters. The number of nitrogens with one attached hydrogen (secondary N) is 1. The van der Waals surface area contributed by atoms with Crippen molar-refractivity contribution in [1.82, 2.24) is 10.3 Å². The number of aromatic nitrogens is 1. The van der Waals surface area contributed by atoms with Crippen LogP contribution in [0.1, 0.15) is 35.3 Å². The van der Waals surface area contributed by atoms with Crippen LogP contribution in [0.3, 0.4) is 0 Å². The number of carboxylic acid groups (broad SMARTS) is 1. The normalized spacial score (nSPS) is 11.7. The molecule has 0 fully saturated rings. The lowest BCUT2D eigenvalue weighted by atomic mass is 10.0. The maximum absolute atomic E-state index is 12.7. The number of rotatable bonds is 12. The van der Waals surface area contributed by atoms with Crippen molar-refractivity contribution in [3.8, 4) is 17.0 Å². The van der Waals surface area contributed by atoms with E-state index in [1.165, 1.54) is 5.56 Å². The van der Waals surface area contributed by atoms with Crippen LogP contribution in [0.2, 0.25) is 0 Å². The van der Waals surface area contributed by atoms with Crippen LogP contribution in [0.4, 0.5) is 5.13 Å². The van der Waals surface area contributed by atoms with Crippen LogP contribution in [0.25, 0.3) is 11.3 Å². The van der Waals surface area contributed by atoms with E-state index < -0.39 is 17.9 Å². The molecule has 1 amide bonds. The number of carbonyl (C=O) groups is 2. The Kier molecular flexibility index (Phi) is 9.33. The van der Waals surface area contributed by atoms with Crippen molar-refractivity contribution in [2.75, 3.05) is 18.6 Å². The molecule has 0 aliphatic carbocycles. The van der Waals surface area contributed by atoms with E-state index in [2.05, 4.69) is 27.7 Å². The van der Waals surface area contributed by atoms with Crippen molar-refractivity contribution in [3.05, 3.63) is 101 Å². The third-order valence-corrected chi connectivity index (χ3v) is 7.35. The number of carbonyl (C=O) groups excluding carboxylic acids is 1. The highest BCUT2D eigenvalue weighted by Crippen LogP contribution is 2.30. The van der Waals surface area contributed by atoms with Crippen LogP contribution < -0.4 is 15.0 Å². The Morgan fingerprint density at radius 1 is 1.00 bits per heavy atom. The fourth-order valence-electron chi connectivity index (χ4n) is 4.20. The number of carboxylic acids is 1. The number of benzene rings is 3. The zero-order valence-electron chi connectivity index (χ0n) is 22.3. The van der Waals surface area contributed by atoms with E-state index in [1.54, 1.807) is 44.4 Å². The average molecular weight is 544 g/mol. The fraction of sp³-hybridized carbons (Fsp3) is 0.258. The molecule has 4 rings (SSSR count). The third kappa shape index (κ3) is 7.45. The molecule has 4 aromatic rings. The standard InChI is InChI=1S/C31H33N3O4S/c1-21(2)28(30(36)37)33-29(35)24-14-12-23(13-15-24)19-34(17-16-22-8-5-4-6-9-22)31-32-27(20-39-31)25-10-7-11-26(18-25)38-3/h4-15,18,20-21,28H,16-17,19H2,1-3H3,(H,33,35)(H,36,37). The van der Waals surface area contributed by atoms with Crippen molar-refractivity contribution in [1.29, 1.82) is 0 Å². The second-order valence-corrected chi connectivity index (χ2v) is 10.5. The molecule has 1 unspecified atom stereocenters. The van der Waals surface area contributed by atoms with E-state index in [0.717, 1.165) is 40.7 Å². The van der Waals surface area contributed by atoms with Crippen LogP contribution in [0, 0.1) is 5.92 Å². The molecule has 0 radical (unpaired) electrons. The predicted octanol–water partition coefficient (Wildman–Crippen LogP) is 5.91. The van der Waals surface area contributed by atoms with Gasteiger partial charge in [0, 0.05) is 29.6 Å². The lowest BCUT2D eigenvalue weighted by Crippen LogP contribution is -2.44. The zero-order chi connectivity index (χ0) is 27.8. The fourth-order valence-corrected chi connectivity index (χ4v) is 5.06. The molecule has 0 bridgehead atoms. The van der Waals surface area contributed by atoms with Gasteiger partial charge < -0.3 is 20.1 Å². The van der Waals surface area contributed by atoms with Crippen molar-refractivity contribution >= 4 is 28.3 Å². The lowest BCUT2D eigenvalue weighted by Gasteiger charge is -2.22. The second-order valence-electron chi connectivity index (χ2n) is 9.63. The van der Waals surface area contributed by atoms with E-state index in [0.29, 0.717) is 12.1 Å². The Balaban J connectivity index is 1.52. The highest BCUT2D eigenvalue weighted by Gasteiger charge is 2.24. The minimum atomic E-state index is -1.04. The van der Waals surface area contributed by atoms with E-state index in [4.69, 9.17) is 9.72 Å². The molecular formula is C31H33N3O4S. The summed E-state index contributed by atoms with van der Waals surface area (Å²) in [6, 6.07) is 24.6. The third-order valence-electron chi connectivity index (χ3n) is 6.45. The first-order chi connectivity index (χ1) is 18.8. The summed E-state index contributed by atoms with van der Waals surface area (Å²) in [5.74, 6) is -0.869. The number of hydrogen-bond acceptors (Lipinski definition) is 6.